The predicted octanol–water partition coefficient (Wildman–Crippen LogP) is 1.82. The number of hydrogen-bond acceptors (Lipinski definition) is 8. The molecule has 4 N–H and O–H groups in total. The van der Waals surface area contributed by atoms with Gasteiger partial charge in [0.15, 0.2) is 5.60 Å². The normalized spacial score (nSPS) is 20.3. The second-order valence-corrected chi connectivity index (χ2v) is 10.6. The van der Waals surface area contributed by atoms with E-state index in [-0.39, 0.29) is 62.9 Å². The Hall–Kier alpha value is -3.87. The predicted molar refractivity (Wildman–Crippen MR) is 145 cm³/mol. The van der Waals surface area contributed by atoms with Crippen molar-refractivity contribution in [2.75, 3.05) is 26.4 Å². The van der Waals surface area contributed by atoms with Gasteiger partial charge in [-0.15, -0.1) is 0 Å². The molecule has 1 aromatic carbocycles. The van der Waals surface area contributed by atoms with E-state index >= 15 is 4.39 Å². The second kappa shape index (κ2) is 10.2. The molecule has 0 bridgehead atoms. The van der Waals surface area contributed by atoms with Crippen LogP contribution in [0.3, 0.4) is 0 Å². The topological polar surface area (TPSA) is 152 Å². The Morgan fingerprint density at radius 1 is 1.27 bits per heavy atom. The summed E-state index contributed by atoms with van der Waals surface area (Å²) >= 11 is 0. The molecule has 2 atom stereocenters. The first kappa shape index (κ1) is 27.3. The lowest BCUT2D eigenvalue weighted by atomic mass is 9.81. The first-order valence-electron chi connectivity index (χ1n) is 13.7. The quantitative estimate of drug-likeness (QED) is 0.195. The van der Waals surface area contributed by atoms with Gasteiger partial charge in [-0.05, 0) is 48.9 Å². The summed E-state index contributed by atoms with van der Waals surface area (Å²) in [6.07, 6.45) is 1.06. The first-order chi connectivity index (χ1) is 19.7. The number of aryl methyl sites for hydroxylation is 1. The van der Waals surface area contributed by atoms with Crippen molar-refractivity contribution in [3.63, 3.8) is 0 Å². The number of nitrogens with one attached hydrogen (secondary N) is 2. The van der Waals surface area contributed by atoms with Crippen molar-refractivity contribution in [2.45, 2.75) is 57.9 Å². The van der Waals surface area contributed by atoms with Crippen LogP contribution in [0.4, 0.5) is 9.18 Å². The highest BCUT2D eigenvalue weighted by molar-refractivity contribution is 5.93. The Morgan fingerprint density at radius 3 is 2.83 bits per heavy atom. The molecule has 216 valence electrons. The minimum atomic E-state index is -1.96. The van der Waals surface area contributed by atoms with E-state index in [2.05, 4.69) is 10.6 Å². The molecule has 6 rings (SSSR count). The van der Waals surface area contributed by atoms with E-state index in [1.54, 1.807) is 19.9 Å². The van der Waals surface area contributed by atoms with Gasteiger partial charge in [0.2, 0.25) is 0 Å². The number of cyclic esters (lactones) is 1. The average Bonchev–Trinajstić information content (AvgIpc) is 3.33. The van der Waals surface area contributed by atoms with E-state index in [1.165, 1.54) is 10.6 Å². The lowest BCUT2D eigenvalue weighted by molar-refractivity contribution is -0.172. The number of halogens is 1. The van der Waals surface area contributed by atoms with Gasteiger partial charge < -0.3 is 34.9 Å². The number of fused-ring (bicyclic) bond motifs is 5. The van der Waals surface area contributed by atoms with Gasteiger partial charge in [-0.3, -0.25) is 4.79 Å². The molecule has 3 aromatic rings. The zero-order valence-electron chi connectivity index (χ0n) is 22.8. The third-order valence-electron chi connectivity index (χ3n) is 8.45. The van der Waals surface area contributed by atoms with Gasteiger partial charge in [0.05, 0.1) is 54.9 Å². The minimum absolute atomic E-state index is 0.0188. The zero-order chi connectivity index (χ0) is 29.1. The van der Waals surface area contributed by atoms with Crippen molar-refractivity contribution in [1.29, 1.82) is 0 Å². The van der Waals surface area contributed by atoms with E-state index in [0.717, 1.165) is 22.1 Å². The summed E-state index contributed by atoms with van der Waals surface area (Å²) in [5, 5.41) is 26.6. The number of urea groups is 1. The zero-order valence-corrected chi connectivity index (χ0v) is 22.8. The molecule has 0 spiro atoms. The van der Waals surface area contributed by atoms with Crippen LogP contribution in [0.1, 0.15) is 59.2 Å². The number of carbonyl (C=O) groups is 2. The van der Waals surface area contributed by atoms with Crippen LogP contribution in [0.5, 0.6) is 0 Å². The number of hydrogen-bond donors (Lipinski definition) is 4. The number of aliphatic hydroxyl groups is 2. The molecule has 3 aliphatic rings. The monoisotopic (exact) mass is 566 g/mol. The number of benzene rings is 1. The molecular formula is C29H31FN4O7. The Kier molecular flexibility index (Phi) is 6.79. The summed E-state index contributed by atoms with van der Waals surface area (Å²) in [5.41, 5.74) is 2.18. The minimum Gasteiger partial charge on any atom is -0.458 e. The Labute approximate surface area is 234 Å². The van der Waals surface area contributed by atoms with Crippen LogP contribution in [0.15, 0.2) is 16.9 Å². The fourth-order valence-electron chi connectivity index (χ4n) is 6.31. The largest absolute Gasteiger partial charge is 0.458 e. The fourth-order valence-corrected chi connectivity index (χ4v) is 6.31. The Morgan fingerprint density at radius 2 is 2.07 bits per heavy atom. The van der Waals surface area contributed by atoms with Crippen molar-refractivity contribution in [2.24, 2.45) is 0 Å². The lowest BCUT2D eigenvalue weighted by Crippen LogP contribution is -2.44. The van der Waals surface area contributed by atoms with Gasteiger partial charge in [-0.25, -0.2) is 19.0 Å². The van der Waals surface area contributed by atoms with Gasteiger partial charge in [0.25, 0.3) is 5.56 Å². The van der Waals surface area contributed by atoms with Crippen LogP contribution in [0, 0.1) is 12.7 Å². The van der Waals surface area contributed by atoms with Crippen LogP contribution < -0.4 is 16.2 Å². The molecule has 11 nitrogen and oxygen atoms in total. The third kappa shape index (κ3) is 4.20. The molecule has 2 aliphatic heterocycles. The van der Waals surface area contributed by atoms with Gasteiger partial charge >= 0.3 is 12.0 Å². The summed E-state index contributed by atoms with van der Waals surface area (Å²) in [6.45, 7) is 3.85. The van der Waals surface area contributed by atoms with Gasteiger partial charge in [-0.2, -0.15) is 0 Å². The highest BCUT2D eigenvalue weighted by Gasteiger charge is 2.46. The summed E-state index contributed by atoms with van der Waals surface area (Å²) in [5.74, 6) is -1.20. The highest BCUT2D eigenvalue weighted by atomic mass is 19.1. The smallest absolute Gasteiger partial charge is 0.343 e. The van der Waals surface area contributed by atoms with Gasteiger partial charge in [0.1, 0.15) is 12.4 Å². The average molecular weight is 567 g/mol. The second-order valence-electron chi connectivity index (χ2n) is 10.6. The molecule has 0 saturated heterocycles. The molecule has 1 aliphatic carbocycles. The summed E-state index contributed by atoms with van der Waals surface area (Å²) in [7, 11) is 0. The van der Waals surface area contributed by atoms with E-state index in [0.29, 0.717) is 35.3 Å². The van der Waals surface area contributed by atoms with Crippen LogP contribution >= 0.6 is 0 Å². The number of ether oxygens (including phenoxy) is 2. The number of nitrogens with zero attached hydrogens (tertiary/aromatic N) is 2. The maximum absolute atomic E-state index is 15.0. The van der Waals surface area contributed by atoms with Crippen molar-refractivity contribution in [3.8, 4) is 11.4 Å². The molecule has 41 heavy (non-hydrogen) atoms. The molecule has 0 unspecified atom stereocenters. The van der Waals surface area contributed by atoms with E-state index < -0.39 is 29.2 Å². The van der Waals surface area contributed by atoms with Crippen LogP contribution in [-0.2, 0) is 39.4 Å². The van der Waals surface area contributed by atoms with Crippen molar-refractivity contribution in [1.82, 2.24) is 20.2 Å². The van der Waals surface area contributed by atoms with Crippen molar-refractivity contribution < 1.29 is 33.7 Å². The molecule has 0 fully saturated rings. The number of aliphatic hydroxyl groups excluding tert-OH is 1. The third-order valence-corrected chi connectivity index (χ3v) is 8.45. The van der Waals surface area contributed by atoms with Crippen LogP contribution in [0.2, 0.25) is 0 Å². The highest BCUT2D eigenvalue weighted by Crippen LogP contribution is 2.45. The molecule has 2 amide bonds. The summed E-state index contributed by atoms with van der Waals surface area (Å²) < 4.78 is 26.9. The summed E-state index contributed by atoms with van der Waals surface area (Å²) in [6, 6.07) is 2.14. The number of aromatic nitrogens is 2. The van der Waals surface area contributed by atoms with Crippen molar-refractivity contribution in [3.05, 3.63) is 61.7 Å². The molecule has 0 radical (unpaired) electrons. The SMILES string of the molecule is CC[C@@]1(O)C(=O)OCc2c1cc1n(c2=O)Cc2c-1nc1cc(F)c(C)c3c1c2[C@@H](NC(=O)NCCOCCO)CC3. The fraction of sp³-hybridized carbons (Fsp3) is 0.448. The molecule has 12 heteroatoms. The van der Waals surface area contributed by atoms with E-state index in [4.69, 9.17) is 19.6 Å². The van der Waals surface area contributed by atoms with Gasteiger partial charge in [-0.1, -0.05) is 6.92 Å². The molecule has 2 aromatic heterocycles. The van der Waals surface area contributed by atoms with Crippen LogP contribution in [0.25, 0.3) is 22.3 Å². The number of pyridine rings is 2. The first-order valence-corrected chi connectivity index (χ1v) is 13.7. The van der Waals surface area contributed by atoms with Crippen LogP contribution in [-0.4, -0.2) is 58.1 Å². The van der Waals surface area contributed by atoms with Crippen molar-refractivity contribution >= 4 is 22.9 Å². The molecule has 0 saturated carbocycles. The number of rotatable bonds is 7. The Bertz CT molecular complexity index is 1670. The standard InChI is InChI=1S/C29H31FN4O7/c1-3-29(39)18-10-22-25-16(12-34(22)26(36)17(18)13-41-27(29)37)24-20(33-28(38)31-6-8-40-9-7-35)5-4-15-14(2)19(30)11-21(32-25)23(15)24/h10-11,20,35,39H,3-9,12-13H2,1-2H3,(H2,31,33,38)/t20-,29-/m0/s1. The lowest BCUT2D eigenvalue weighted by Gasteiger charge is -2.31. The number of amides is 2. The maximum atomic E-state index is 15.0. The number of esters is 1. The Balaban J connectivity index is 1.48. The summed E-state index contributed by atoms with van der Waals surface area (Å²) in [4.78, 5) is 43.9. The molecule has 4 heterocycles. The van der Waals surface area contributed by atoms with Gasteiger partial charge in [0, 0.05) is 29.1 Å². The van der Waals surface area contributed by atoms with E-state index in [1.807, 2.05) is 0 Å². The maximum Gasteiger partial charge on any atom is 0.343 e. The molecular weight excluding hydrogens is 535 g/mol. The number of carbonyl (C=O) groups excluding carboxylic acids is 2. The van der Waals surface area contributed by atoms with E-state index in [9.17, 15) is 19.5 Å².